The Hall–Kier alpha value is -1.81. The molecule has 0 spiro atoms. The number of nitrogen functional groups attached to an aromatic ring is 1. The SMILES string of the molecule is CCc1ccc(NC(=O)c2ccc(C)s2)cc1N. The van der Waals surface area contributed by atoms with Gasteiger partial charge in [0.15, 0.2) is 0 Å². The maximum absolute atomic E-state index is 12.0. The number of hydrogen-bond acceptors (Lipinski definition) is 3. The molecule has 0 bridgehead atoms. The molecule has 1 aromatic heterocycles. The van der Waals surface area contributed by atoms with Crippen LogP contribution in [0.3, 0.4) is 0 Å². The number of carbonyl (C=O) groups is 1. The third kappa shape index (κ3) is 2.71. The van der Waals surface area contributed by atoms with Crippen LogP contribution in [0.15, 0.2) is 30.3 Å². The van der Waals surface area contributed by atoms with Gasteiger partial charge in [-0.05, 0) is 43.2 Å². The van der Waals surface area contributed by atoms with Crippen molar-refractivity contribution in [2.75, 3.05) is 11.1 Å². The Balaban J connectivity index is 2.14. The minimum atomic E-state index is -0.0863. The number of carbonyl (C=O) groups excluding carboxylic acids is 1. The van der Waals surface area contributed by atoms with Crippen LogP contribution in [-0.4, -0.2) is 5.91 Å². The van der Waals surface area contributed by atoms with E-state index in [4.69, 9.17) is 5.73 Å². The summed E-state index contributed by atoms with van der Waals surface area (Å²) in [5, 5.41) is 2.86. The van der Waals surface area contributed by atoms with Gasteiger partial charge in [-0.3, -0.25) is 4.79 Å². The summed E-state index contributed by atoms with van der Waals surface area (Å²) in [6, 6.07) is 9.41. The topological polar surface area (TPSA) is 55.1 Å². The van der Waals surface area contributed by atoms with Gasteiger partial charge in [0.05, 0.1) is 4.88 Å². The highest BCUT2D eigenvalue weighted by molar-refractivity contribution is 7.14. The number of amides is 1. The summed E-state index contributed by atoms with van der Waals surface area (Å²) in [5.74, 6) is -0.0863. The fourth-order valence-corrected chi connectivity index (χ4v) is 2.51. The van der Waals surface area contributed by atoms with Gasteiger partial charge in [-0.1, -0.05) is 13.0 Å². The van der Waals surface area contributed by atoms with Crippen LogP contribution in [0.2, 0.25) is 0 Å². The first-order chi connectivity index (χ1) is 8.60. The van der Waals surface area contributed by atoms with E-state index in [1.807, 2.05) is 31.2 Å². The van der Waals surface area contributed by atoms with Crippen LogP contribution in [-0.2, 0) is 6.42 Å². The summed E-state index contributed by atoms with van der Waals surface area (Å²) in [5.41, 5.74) is 8.46. The van der Waals surface area contributed by atoms with Crippen molar-refractivity contribution < 1.29 is 4.79 Å². The average molecular weight is 260 g/mol. The number of nitrogens with two attached hydrogens (primary N) is 1. The number of rotatable bonds is 3. The highest BCUT2D eigenvalue weighted by atomic mass is 32.1. The Bertz CT molecular complexity index is 575. The zero-order chi connectivity index (χ0) is 13.1. The van der Waals surface area contributed by atoms with E-state index in [2.05, 4.69) is 12.2 Å². The molecule has 4 heteroatoms. The van der Waals surface area contributed by atoms with Gasteiger partial charge in [0.1, 0.15) is 0 Å². The zero-order valence-corrected chi connectivity index (χ0v) is 11.3. The van der Waals surface area contributed by atoms with Crippen LogP contribution in [0.25, 0.3) is 0 Å². The van der Waals surface area contributed by atoms with Gasteiger partial charge >= 0.3 is 0 Å². The van der Waals surface area contributed by atoms with E-state index in [0.717, 1.165) is 28.2 Å². The smallest absolute Gasteiger partial charge is 0.265 e. The minimum Gasteiger partial charge on any atom is -0.398 e. The van der Waals surface area contributed by atoms with E-state index in [0.29, 0.717) is 4.88 Å². The lowest BCUT2D eigenvalue weighted by molar-refractivity contribution is 0.103. The molecule has 0 fully saturated rings. The standard InChI is InChI=1S/C14H16N2OS/c1-3-10-5-6-11(8-12(10)15)16-14(17)13-7-4-9(2)18-13/h4-8H,3,15H2,1-2H3,(H,16,17). The molecule has 1 aromatic carbocycles. The lowest BCUT2D eigenvalue weighted by Gasteiger charge is -2.07. The second kappa shape index (κ2) is 5.23. The number of hydrogen-bond donors (Lipinski definition) is 2. The lowest BCUT2D eigenvalue weighted by Crippen LogP contribution is -2.10. The summed E-state index contributed by atoms with van der Waals surface area (Å²) in [6.45, 7) is 4.04. The van der Waals surface area contributed by atoms with E-state index >= 15 is 0 Å². The molecule has 3 N–H and O–H groups in total. The van der Waals surface area contributed by atoms with Crippen molar-refractivity contribution in [2.24, 2.45) is 0 Å². The second-order valence-electron chi connectivity index (χ2n) is 4.13. The predicted molar refractivity (Wildman–Crippen MR) is 77.2 cm³/mol. The maximum atomic E-state index is 12.0. The highest BCUT2D eigenvalue weighted by Crippen LogP contribution is 2.21. The van der Waals surface area contributed by atoms with E-state index < -0.39 is 0 Å². The zero-order valence-electron chi connectivity index (χ0n) is 10.5. The Morgan fingerprint density at radius 1 is 1.33 bits per heavy atom. The summed E-state index contributed by atoms with van der Waals surface area (Å²) < 4.78 is 0. The van der Waals surface area contributed by atoms with E-state index in [1.165, 1.54) is 11.3 Å². The van der Waals surface area contributed by atoms with Crippen molar-refractivity contribution in [1.29, 1.82) is 0 Å². The molecule has 0 aliphatic heterocycles. The molecule has 0 aliphatic carbocycles. The van der Waals surface area contributed by atoms with Crippen LogP contribution in [0, 0.1) is 6.92 Å². The first kappa shape index (κ1) is 12.6. The molecule has 0 saturated heterocycles. The molecule has 1 amide bonds. The van der Waals surface area contributed by atoms with Crippen LogP contribution in [0.5, 0.6) is 0 Å². The van der Waals surface area contributed by atoms with Crippen LogP contribution >= 0.6 is 11.3 Å². The number of anilines is 2. The van der Waals surface area contributed by atoms with Crippen molar-refractivity contribution in [3.05, 3.63) is 45.6 Å². The molecule has 0 unspecified atom stereocenters. The summed E-state index contributed by atoms with van der Waals surface area (Å²) in [6.07, 6.45) is 0.893. The molecule has 0 aliphatic rings. The van der Waals surface area contributed by atoms with Gasteiger partial charge in [0.2, 0.25) is 0 Å². The van der Waals surface area contributed by atoms with Crippen molar-refractivity contribution in [2.45, 2.75) is 20.3 Å². The Morgan fingerprint density at radius 3 is 2.67 bits per heavy atom. The Morgan fingerprint density at radius 2 is 2.11 bits per heavy atom. The molecule has 18 heavy (non-hydrogen) atoms. The number of thiophene rings is 1. The van der Waals surface area contributed by atoms with Gasteiger partial charge in [0, 0.05) is 16.3 Å². The van der Waals surface area contributed by atoms with Crippen molar-refractivity contribution in [1.82, 2.24) is 0 Å². The summed E-state index contributed by atoms with van der Waals surface area (Å²) in [7, 11) is 0. The fourth-order valence-electron chi connectivity index (χ4n) is 1.74. The molecular weight excluding hydrogens is 244 g/mol. The Labute approximate surface area is 111 Å². The molecule has 1 heterocycles. The number of benzene rings is 1. The maximum Gasteiger partial charge on any atom is 0.265 e. The van der Waals surface area contributed by atoms with E-state index in [9.17, 15) is 4.79 Å². The first-order valence-corrected chi connectivity index (χ1v) is 6.68. The van der Waals surface area contributed by atoms with Crippen LogP contribution in [0.1, 0.15) is 27.0 Å². The highest BCUT2D eigenvalue weighted by Gasteiger charge is 2.08. The second-order valence-corrected chi connectivity index (χ2v) is 5.42. The molecule has 2 aromatic rings. The van der Waals surface area contributed by atoms with Crippen LogP contribution < -0.4 is 11.1 Å². The van der Waals surface area contributed by atoms with E-state index in [-0.39, 0.29) is 5.91 Å². The van der Waals surface area contributed by atoms with Gasteiger partial charge in [-0.25, -0.2) is 0 Å². The summed E-state index contributed by atoms with van der Waals surface area (Å²) in [4.78, 5) is 13.8. The average Bonchev–Trinajstić information content (AvgIpc) is 2.76. The summed E-state index contributed by atoms with van der Waals surface area (Å²) >= 11 is 1.48. The van der Waals surface area contributed by atoms with E-state index in [1.54, 1.807) is 6.07 Å². The third-order valence-corrected chi connectivity index (χ3v) is 3.75. The fraction of sp³-hybridized carbons (Fsp3) is 0.214. The lowest BCUT2D eigenvalue weighted by atomic mass is 10.1. The number of nitrogens with one attached hydrogen (secondary N) is 1. The van der Waals surface area contributed by atoms with Crippen LogP contribution in [0.4, 0.5) is 11.4 Å². The normalized spacial score (nSPS) is 10.3. The van der Waals surface area contributed by atoms with Gasteiger partial charge < -0.3 is 11.1 Å². The molecule has 2 rings (SSSR count). The third-order valence-electron chi connectivity index (χ3n) is 2.75. The Kier molecular flexibility index (Phi) is 3.67. The molecule has 3 nitrogen and oxygen atoms in total. The van der Waals surface area contributed by atoms with Gasteiger partial charge in [-0.2, -0.15) is 0 Å². The molecule has 0 atom stereocenters. The van der Waals surface area contributed by atoms with Crippen molar-refractivity contribution >= 4 is 28.6 Å². The molecular formula is C14H16N2OS. The predicted octanol–water partition coefficient (Wildman–Crippen LogP) is 3.45. The molecule has 0 radical (unpaired) electrons. The molecule has 0 saturated carbocycles. The van der Waals surface area contributed by atoms with Crippen molar-refractivity contribution in [3.8, 4) is 0 Å². The monoisotopic (exact) mass is 260 g/mol. The minimum absolute atomic E-state index is 0.0863. The molecule has 94 valence electrons. The number of aryl methyl sites for hydroxylation is 2. The first-order valence-electron chi connectivity index (χ1n) is 5.86. The van der Waals surface area contributed by atoms with Gasteiger partial charge in [-0.15, -0.1) is 11.3 Å². The quantitative estimate of drug-likeness (QED) is 0.830. The largest absolute Gasteiger partial charge is 0.398 e. The van der Waals surface area contributed by atoms with Crippen molar-refractivity contribution in [3.63, 3.8) is 0 Å². The van der Waals surface area contributed by atoms with Gasteiger partial charge in [0.25, 0.3) is 5.91 Å².